The lowest BCUT2D eigenvalue weighted by Gasteiger charge is -2.38. The molecule has 1 spiro atoms. The van der Waals surface area contributed by atoms with Crippen LogP contribution in [0.3, 0.4) is 0 Å². The zero-order valence-corrected chi connectivity index (χ0v) is 22.9. The smallest absolute Gasteiger partial charge is 0.180 e. The number of nitrogens with zero attached hydrogens (tertiary/aromatic N) is 1. The molecule has 186 valence electrons. The summed E-state index contributed by atoms with van der Waals surface area (Å²) < 4.78 is 0.896. The summed E-state index contributed by atoms with van der Waals surface area (Å²) in [5.41, 5.74) is 2.57. The van der Waals surface area contributed by atoms with Gasteiger partial charge in [0, 0.05) is 32.6 Å². The fourth-order valence-electron chi connectivity index (χ4n) is 6.58. The summed E-state index contributed by atoms with van der Waals surface area (Å²) in [5, 5.41) is 0. The van der Waals surface area contributed by atoms with Crippen molar-refractivity contribution in [1.82, 2.24) is 0 Å². The molecule has 0 amide bonds. The summed E-state index contributed by atoms with van der Waals surface area (Å²) in [7, 11) is 0. The summed E-state index contributed by atoms with van der Waals surface area (Å²) in [6, 6.07) is 19.7. The van der Waals surface area contributed by atoms with Gasteiger partial charge in [0.05, 0.1) is 12.1 Å². The molecule has 0 bridgehead atoms. The average Bonchev–Trinajstić information content (AvgIpc) is 3.29. The normalized spacial score (nSPS) is 23.3. The SMILES string of the molecule is Cc1ccc2c(c1)C=C[C@H]1N2[C@@H](C(=O)C(C)(C)C)[C@H](c2ccc(Br)cc2)C12C(=O)c1ccccc1C2=O. The molecule has 0 unspecified atom stereocenters. The number of hydrogen-bond acceptors (Lipinski definition) is 4. The van der Waals surface area contributed by atoms with Crippen LogP contribution in [0, 0.1) is 17.8 Å². The highest BCUT2D eigenvalue weighted by molar-refractivity contribution is 9.10. The Bertz CT molecular complexity index is 1480. The third-order valence-electron chi connectivity index (χ3n) is 8.20. The summed E-state index contributed by atoms with van der Waals surface area (Å²) in [6.45, 7) is 7.78. The highest BCUT2D eigenvalue weighted by atomic mass is 79.9. The molecule has 3 atom stereocenters. The Morgan fingerprint density at radius 1 is 0.919 bits per heavy atom. The van der Waals surface area contributed by atoms with E-state index in [2.05, 4.69) is 26.9 Å². The Balaban J connectivity index is 1.70. The molecule has 37 heavy (non-hydrogen) atoms. The maximum Gasteiger partial charge on any atom is 0.180 e. The van der Waals surface area contributed by atoms with Crippen LogP contribution in [-0.2, 0) is 4.79 Å². The number of carbonyl (C=O) groups excluding carboxylic acids is 3. The van der Waals surface area contributed by atoms with E-state index in [1.54, 1.807) is 24.3 Å². The van der Waals surface area contributed by atoms with E-state index in [1.165, 1.54) is 0 Å². The number of rotatable bonds is 2. The first-order valence-electron chi connectivity index (χ1n) is 12.6. The molecule has 0 radical (unpaired) electrons. The second-order valence-corrected chi connectivity index (χ2v) is 12.4. The predicted molar refractivity (Wildman–Crippen MR) is 149 cm³/mol. The molecule has 2 heterocycles. The zero-order valence-electron chi connectivity index (χ0n) is 21.3. The van der Waals surface area contributed by atoms with Crippen LogP contribution < -0.4 is 4.90 Å². The number of fused-ring (bicyclic) bond motifs is 5. The second-order valence-electron chi connectivity index (χ2n) is 11.4. The van der Waals surface area contributed by atoms with Crippen molar-refractivity contribution in [3.8, 4) is 0 Å². The van der Waals surface area contributed by atoms with E-state index in [-0.39, 0.29) is 17.3 Å². The van der Waals surface area contributed by atoms with Crippen molar-refractivity contribution in [2.75, 3.05) is 4.90 Å². The molecule has 0 saturated carbocycles. The van der Waals surface area contributed by atoms with Crippen molar-refractivity contribution in [3.05, 3.63) is 105 Å². The minimum atomic E-state index is -1.44. The van der Waals surface area contributed by atoms with E-state index in [1.807, 2.05) is 76.2 Å². The Hall–Kier alpha value is -3.31. The molecule has 1 saturated heterocycles. The van der Waals surface area contributed by atoms with Crippen molar-refractivity contribution < 1.29 is 14.4 Å². The second kappa shape index (κ2) is 8.09. The van der Waals surface area contributed by atoms with Crippen molar-refractivity contribution in [2.45, 2.75) is 45.7 Å². The van der Waals surface area contributed by atoms with Gasteiger partial charge in [-0.2, -0.15) is 0 Å². The first kappa shape index (κ1) is 24.1. The summed E-state index contributed by atoms with van der Waals surface area (Å²) >= 11 is 3.52. The van der Waals surface area contributed by atoms with E-state index < -0.39 is 28.8 Å². The largest absolute Gasteiger partial charge is 0.352 e. The van der Waals surface area contributed by atoms with Crippen molar-refractivity contribution in [2.24, 2.45) is 10.8 Å². The molecule has 3 aliphatic rings. The lowest BCUT2D eigenvalue weighted by atomic mass is 9.63. The van der Waals surface area contributed by atoms with Crippen LogP contribution in [0.15, 0.2) is 77.3 Å². The molecule has 0 N–H and O–H groups in total. The quantitative estimate of drug-likeness (QED) is 0.327. The van der Waals surface area contributed by atoms with Crippen LogP contribution in [0.2, 0.25) is 0 Å². The minimum Gasteiger partial charge on any atom is -0.352 e. The van der Waals surface area contributed by atoms with Crippen LogP contribution in [0.4, 0.5) is 5.69 Å². The zero-order chi connectivity index (χ0) is 26.3. The number of ketones is 3. The van der Waals surface area contributed by atoms with E-state index >= 15 is 0 Å². The topological polar surface area (TPSA) is 54.5 Å². The summed E-state index contributed by atoms with van der Waals surface area (Å²) in [4.78, 5) is 45.5. The van der Waals surface area contributed by atoms with Gasteiger partial charge in [-0.15, -0.1) is 0 Å². The van der Waals surface area contributed by atoms with Gasteiger partial charge in [-0.05, 0) is 42.3 Å². The molecule has 1 aliphatic carbocycles. The van der Waals surface area contributed by atoms with Gasteiger partial charge in [0.2, 0.25) is 0 Å². The maximum atomic E-state index is 14.5. The van der Waals surface area contributed by atoms with E-state index in [4.69, 9.17) is 0 Å². The van der Waals surface area contributed by atoms with E-state index in [0.717, 1.165) is 26.9 Å². The lowest BCUT2D eigenvalue weighted by Crippen LogP contribution is -2.49. The molecule has 0 aromatic heterocycles. The van der Waals surface area contributed by atoms with Crippen LogP contribution in [0.25, 0.3) is 6.08 Å². The number of benzene rings is 3. The molecule has 1 fully saturated rings. The van der Waals surface area contributed by atoms with Gasteiger partial charge in [-0.1, -0.05) is 96.9 Å². The predicted octanol–water partition coefficient (Wildman–Crippen LogP) is 6.81. The van der Waals surface area contributed by atoms with Gasteiger partial charge in [-0.25, -0.2) is 0 Å². The fourth-order valence-corrected chi connectivity index (χ4v) is 6.85. The molecular weight excluding hydrogens is 526 g/mol. The molecule has 6 rings (SSSR count). The van der Waals surface area contributed by atoms with Crippen LogP contribution in [-0.4, -0.2) is 29.4 Å². The number of carbonyl (C=O) groups is 3. The highest BCUT2D eigenvalue weighted by Crippen LogP contribution is 2.61. The number of anilines is 1. The third kappa shape index (κ3) is 3.23. The lowest BCUT2D eigenvalue weighted by molar-refractivity contribution is -0.127. The van der Waals surface area contributed by atoms with E-state index in [0.29, 0.717) is 11.1 Å². The van der Waals surface area contributed by atoms with Crippen LogP contribution in [0.5, 0.6) is 0 Å². The monoisotopic (exact) mass is 553 g/mol. The fraction of sp³-hybridized carbons (Fsp3) is 0.281. The molecule has 5 heteroatoms. The minimum absolute atomic E-state index is 0.0145. The molecular formula is C32H28BrNO3. The number of hydrogen-bond donors (Lipinski definition) is 0. The van der Waals surface area contributed by atoms with Gasteiger partial charge < -0.3 is 4.90 Å². The Kier molecular flexibility index (Phi) is 5.26. The average molecular weight is 554 g/mol. The Morgan fingerprint density at radius 3 is 2.14 bits per heavy atom. The molecule has 4 nitrogen and oxygen atoms in total. The van der Waals surface area contributed by atoms with Gasteiger partial charge in [0.25, 0.3) is 0 Å². The summed E-state index contributed by atoms with van der Waals surface area (Å²) in [5.74, 6) is -1.02. The van der Waals surface area contributed by atoms with Gasteiger partial charge >= 0.3 is 0 Å². The first-order valence-corrected chi connectivity index (χ1v) is 13.4. The first-order chi connectivity index (χ1) is 17.6. The van der Waals surface area contributed by atoms with Gasteiger partial charge in [0.15, 0.2) is 17.3 Å². The van der Waals surface area contributed by atoms with E-state index in [9.17, 15) is 14.4 Å². The van der Waals surface area contributed by atoms with Crippen molar-refractivity contribution in [1.29, 1.82) is 0 Å². The summed E-state index contributed by atoms with van der Waals surface area (Å²) in [6.07, 6.45) is 3.99. The van der Waals surface area contributed by atoms with Crippen LogP contribution >= 0.6 is 15.9 Å². The van der Waals surface area contributed by atoms with Gasteiger partial charge in [0.1, 0.15) is 5.41 Å². The Labute approximate surface area is 225 Å². The molecule has 2 aliphatic heterocycles. The number of Topliss-reactive ketones (excluding diaryl/α,β-unsaturated/α-hetero) is 3. The van der Waals surface area contributed by atoms with Gasteiger partial charge in [-0.3, -0.25) is 14.4 Å². The Morgan fingerprint density at radius 2 is 1.54 bits per heavy atom. The third-order valence-corrected chi connectivity index (χ3v) is 8.72. The highest BCUT2D eigenvalue weighted by Gasteiger charge is 2.71. The standard InChI is InChI=1S/C32H28BrNO3/c1-18-9-15-24-20(17-18)12-16-25-32(28(35)22-7-5-6-8-23(22)29(32)36)26(19-10-13-21(33)14-11-19)27(34(24)25)30(37)31(2,3)4/h5-17,25-27H,1-4H3/t25-,26+,27-/m1/s1. The van der Waals surface area contributed by atoms with Crippen molar-refractivity contribution in [3.63, 3.8) is 0 Å². The van der Waals surface area contributed by atoms with Crippen molar-refractivity contribution >= 4 is 45.0 Å². The molecule has 3 aromatic rings. The number of aryl methyl sites for hydroxylation is 1. The molecule has 3 aromatic carbocycles. The maximum absolute atomic E-state index is 14.5. The van der Waals surface area contributed by atoms with Crippen LogP contribution in [0.1, 0.15) is 64.1 Å². The number of halogens is 1.